The first-order chi connectivity index (χ1) is 7.83. The van der Waals surface area contributed by atoms with Crippen LogP contribution in [0.1, 0.15) is 13.8 Å². The second-order valence-corrected chi connectivity index (χ2v) is 3.38. The maximum Gasteiger partial charge on any atom is 0.164 e. The van der Waals surface area contributed by atoms with Gasteiger partial charge < -0.3 is 5.32 Å². The van der Waals surface area contributed by atoms with Gasteiger partial charge in [-0.05, 0) is 19.9 Å². The molecule has 84 valence electrons. The summed E-state index contributed by atoms with van der Waals surface area (Å²) in [5.74, 6) is 1.55. The molecule has 2 aromatic rings. The van der Waals surface area contributed by atoms with Gasteiger partial charge in [-0.2, -0.15) is 5.10 Å². The van der Waals surface area contributed by atoms with E-state index in [-0.39, 0.29) is 0 Å². The van der Waals surface area contributed by atoms with Crippen molar-refractivity contribution in [1.29, 1.82) is 0 Å². The van der Waals surface area contributed by atoms with Crippen LogP contribution in [-0.2, 0) is 6.54 Å². The Morgan fingerprint density at radius 2 is 2.25 bits per heavy atom. The van der Waals surface area contributed by atoms with E-state index in [4.69, 9.17) is 0 Å². The van der Waals surface area contributed by atoms with Crippen LogP contribution in [0.15, 0.2) is 24.7 Å². The fourth-order valence-electron chi connectivity index (χ4n) is 1.43. The topological polar surface area (TPSA) is 55.6 Å². The van der Waals surface area contributed by atoms with Crippen LogP contribution in [0, 0.1) is 0 Å². The van der Waals surface area contributed by atoms with Crippen LogP contribution in [0.25, 0.3) is 11.4 Å². The molecule has 0 aliphatic carbocycles. The van der Waals surface area contributed by atoms with Crippen molar-refractivity contribution >= 4 is 5.82 Å². The molecule has 0 amide bonds. The van der Waals surface area contributed by atoms with Crippen LogP contribution in [0.4, 0.5) is 5.82 Å². The molecule has 2 heterocycles. The Morgan fingerprint density at radius 3 is 2.94 bits per heavy atom. The van der Waals surface area contributed by atoms with Crippen LogP contribution in [-0.4, -0.2) is 26.3 Å². The summed E-state index contributed by atoms with van der Waals surface area (Å²) in [5, 5.41) is 7.36. The fourth-order valence-corrected chi connectivity index (χ4v) is 1.43. The minimum Gasteiger partial charge on any atom is -0.370 e. The van der Waals surface area contributed by atoms with Crippen LogP contribution < -0.4 is 5.32 Å². The maximum absolute atomic E-state index is 4.40. The van der Waals surface area contributed by atoms with Gasteiger partial charge in [-0.15, -0.1) is 0 Å². The zero-order valence-corrected chi connectivity index (χ0v) is 9.51. The van der Waals surface area contributed by atoms with Gasteiger partial charge in [0, 0.05) is 25.5 Å². The van der Waals surface area contributed by atoms with E-state index in [2.05, 4.69) is 20.4 Å². The summed E-state index contributed by atoms with van der Waals surface area (Å²) in [4.78, 5) is 8.64. The van der Waals surface area contributed by atoms with Crippen LogP contribution >= 0.6 is 0 Å². The van der Waals surface area contributed by atoms with Crippen molar-refractivity contribution in [2.24, 2.45) is 0 Å². The van der Waals surface area contributed by atoms with E-state index >= 15 is 0 Å². The van der Waals surface area contributed by atoms with Crippen molar-refractivity contribution in [3.8, 4) is 11.4 Å². The Hall–Kier alpha value is -1.91. The van der Waals surface area contributed by atoms with Crippen LogP contribution in [0.5, 0.6) is 0 Å². The minimum atomic E-state index is 0.707. The summed E-state index contributed by atoms with van der Waals surface area (Å²) in [6.45, 7) is 5.79. The molecular formula is C11H15N5. The summed E-state index contributed by atoms with van der Waals surface area (Å²) in [6.07, 6.45) is 5.49. The molecule has 0 radical (unpaired) electrons. The van der Waals surface area contributed by atoms with Crippen molar-refractivity contribution in [2.75, 3.05) is 11.9 Å². The van der Waals surface area contributed by atoms with Crippen molar-refractivity contribution in [2.45, 2.75) is 20.4 Å². The molecule has 0 aliphatic rings. The SMILES string of the molecule is CCNc1ccnc(-c2cnn(CC)c2)n1. The largest absolute Gasteiger partial charge is 0.370 e. The van der Waals surface area contributed by atoms with Gasteiger partial charge in [-0.25, -0.2) is 9.97 Å². The second-order valence-electron chi connectivity index (χ2n) is 3.38. The van der Waals surface area contributed by atoms with E-state index < -0.39 is 0 Å². The zero-order valence-electron chi connectivity index (χ0n) is 9.51. The summed E-state index contributed by atoms with van der Waals surface area (Å²) >= 11 is 0. The molecule has 0 aromatic carbocycles. The lowest BCUT2D eigenvalue weighted by Crippen LogP contribution is -2.00. The van der Waals surface area contributed by atoms with Crippen molar-refractivity contribution in [1.82, 2.24) is 19.7 Å². The molecule has 2 aromatic heterocycles. The number of aryl methyl sites for hydroxylation is 1. The normalized spacial score (nSPS) is 10.4. The molecule has 0 saturated carbocycles. The lowest BCUT2D eigenvalue weighted by atomic mass is 10.3. The van der Waals surface area contributed by atoms with Gasteiger partial charge in [0.25, 0.3) is 0 Å². The number of nitrogens with one attached hydrogen (secondary N) is 1. The quantitative estimate of drug-likeness (QED) is 0.848. The third-order valence-corrected chi connectivity index (χ3v) is 2.23. The monoisotopic (exact) mass is 217 g/mol. The molecule has 5 nitrogen and oxygen atoms in total. The third-order valence-electron chi connectivity index (χ3n) is 2.23. The number of aromatic nitrogens is 4. The lowest BCUT2D eigenvalue weighted by Gasteiger charge is -2.02. The van der Waals surface area contributed by atoms with E-state index in [1.165, 1.54) is 0 Å². The van der Waals surface area contributed by atoms with E-state index in [1.807, 2.05) is 30.8 Å². The van der Waals surface area contributed by atoms with Gasteiger partial charge in [0.05, 0.1) is 11.8 Å². The first-order valence-electron chi connectivity index (χ1n) is 5.43. The predicted molar refractivity (Wildman–Crippen MR) is 63.1 cm³/mol. The summed E-state index contributed by atoms with van der Waals surface area (Å²) in [5.41, 5.74) is 0.946. The Kier molecular flexibility index (Phi) is 3.14. The molecule has 0 unspecified atom stereocenters. The Bertz CT molecular complexity index is 463. The van der Waals surface area contributed by atoms with Crippen LogP contribution in [0.2, 0.25) is 0 Å². The fraction of sp³-hybridized carbons (Fsp3) is 0.364. The average molecular weight is 217 g/mol. The highest BCUT2D eigenvalue weighted by Gasteiger charge is 2.04. The number of anilines is 1. The Labute approximate surface area is 94.5 Å². The van der Waals surface area contributed by atoms with E-state index in [1.54, 1.807) is 12.4 Å². The maximum atomic E-state index is 4.40. The van der Waals surface area contributed by atoms with E-state index in [9.17, 15) is 0 Å². The van der Waals surface area contributed by atoms with Gasteiger partial charge >= 0.3 is 0 Å². The third kappa shape index (κ3) is 2.18. The molecule has 0 saturated heterocycles. The molecule has 0 aliphatic heterocycles. The predicted octanol–water partition coefficient (Wildman–Crippen LogP) is 1.79. The Balaban J connectivity index is 2.28. The van der Waals surface area contributed by atoms with Gasteiger partial charge in [0.15, 0.2) is 5.82 Å². The summed E-state index contributed by atoms with van der Waals surface area (Å²) < 4.78 is 1.86. The lowest BCUT2D eigenvalue weighted by molar-refractivity contribution is 0.660. The van der Waals surface area contributed by atoms with Crippen molar-refractivity contribution < 1.29 is 0 Å². The highest BCUT2D eigenvalue weighted by Crippen LogP contribution is 2.14. The van der Waals surface area contributed by atoms with Gasteiger partial charge in [0.1, 0.15) is 5.82 Å². The van der Waals surface area contributed by atoms with Gasteiger partial charge in [-0.1, -0.05) is 0 Å². The molecular weight excluding hydrogens is 202 g/mol. The smallest absolute Gasteiger partial charge is 0.164 e. The Morgan fingerprint density at radius 1 is 1.38 bits per heavy atom. The number of rotatable bonds is 4. The molecule has 0 spiro atoms. The first-order valence-corrected chi connectivity index (χ1v) is 5.43. The van der Waals surface area contributed by atoms with Crippen LogP contribution in [0.3, 0.4) is 0 Å². The molecule has 16 heavy (non-hydrogen) atoms. The number of hydrogen-bond donors (Lipinski definition) is 1. The molecule has 0 fully saturated rings. The zero-order chi connectivity index (χ0) is 11.4. The number of hydrogen-bond acceptors (Lipinski definition) is 4. The van der Waals surface area contributed by atoms with Crippen molar-refractivity contribution in [3.05, 3.63) is 24.7 Å². The standard InChI is InChI=1S/C11H15N5/c1-3-12-10-5-6-13-11(15-10)9-7-14-16(4-2)8-9/h5-8H,3-4H2,1-2H3,(H,12,13,15). The average Bonchev–Trinajstić information content (AvgIpc) is 2.78. The molecule has 0 atom stereocenters. The van der Waals surface area contributed by atoms with Crippen molar-refractivity contribution in [3.63, 3.8) is 0 Å². The van der Waals surface area contributed by atoms with Gasteiger partial charge in [0.2, 0.25) is 0 Å². The highest BCUT2D eigenvalue weighted by atomic mass is 15.3. The summed E-state index contributed by atoms with van der Waals surface area (Å²) in [7, 11) is 0. The first kappa shape index (κ1) is 10.6. The molecule has 5 heteroatoms. The molecule has 2 rings (SSSR count). The van der Waals surface area contributed by atoms with Gasteiger partial charge in [-0.3, -0.25) is 4.68 Å². The highest BCUT2D eigenvalue weighted by molar-refractivity contribution is 5.54. The second kappa shape index (κ2) is 4.74. The molecule has 1 N–H and O–H groups in total. The van der Waals surface area contributed by atoms with E-state index in [0.29, 0.717) is 5.82 Å². The van der Waals surface area contributed by atoms with E-state index in [0.717, 1.165) is 24.5 Å². The molecule has 0 bridgehead atoms. The summed E-state index contributed by atoms with van der Waals surface area (Å²) in [6, 6.07) is 1.86. The minimum absolute atomic E-state index is 0.707. The number of nitrogens with zero attached hydrogens (tertiary/aromatic N) is 4.